The molecule has 1 fully saturated rings. The van der Waals surface area contributed by atoms with E-state index in [0.29, 0.717) is 0 Å². The smallest absolute Gasteiger partial charge is 0.131 e. The Labute approximate surface area is 119 Å². The first kappa shape index (κ1) is 13.3. The zero-order valence-electron chi connectivity index (χ0n) is 11.8. The van der Waals surface area contributed by atoms with E-state index in [-0.39, 0.29) is 6.10 Å². The second-order valence-electron chi connectivity index (χ2n) is 5.40. The van der Waals surface area contributed by atoms with Crippen LogP contribution in [0.5, 0.6) is 0 Å². The highest BCUT2D eigenvalue weighted by Gasteiger charge is 2.21. The van der Waals surface area contributed by atoms with Crippen molar-refractivity contribution in [3.8, 4) is 0 Å². The number of hydrogen-bond acceptors (Lipinski definition) is 4. The zero-order chi connectivity index (χ0) is 13.9. The van der Waals surface area contributed by atoms with Crippen molar-refractivity contribution in [1.82, 2.24) is 9.88 Å². The lowest BCUT2D eigenvalue weighted by Crippen LogP contribution is -2.22. The summed E-state index contributed by atoms with van der Waals surface area (Å²) in [5.74, 6) is 0.965. The average Bonchev–Trinajstić information content (AvgIpc) is 2.85. The number of aliphatic hydroxyl groups excluding tert-OH is 1. The maximum Gasteiger partial charge on any atom is 0.131 e. The van der Waals surface area contributed by atoms with Crippen LogP contribution < -0.4 is 5.32 Å². The Morgan fingerprint density at radius 3 is 3.00 bits per heavy atom. The number of para-hydroxylation sites is 1. The molecule has 1 aliphatic heterocycles. The third kappa shape index (κ3) is 2.76. The van der Waals surface area contributed by atoms with E-state index in [4.69, 9.17) is 4.98 Å². The van der Waals surface area contributed by atoms with Gasteiger partial charge in [0.15, 0.2) is 0 Å². The van der Waals surface area contributed by atoms with E-state index in [1.165, 1.54) is 10.9 Å². The molecule has 1 aliphatic rings. The minimum atomic E-state index is -0.175. The molecule has 20 heavy (non-hydrogen) atoms. The molecule has 106 valence electrons. The first-order valence-corrected chi connectivity index (χ1v) is 7.29. The molecule has 0 spiro atoms. The molecule has 1 aromatic carbocycles. The van der Waals surface area contributed by atoms with Gasteiger partial charge in [-0.05, 0) is 25.5 Å². The number of aliphatic hydroxyl groups is 1. The monoisotopic (exact) mass is 271 g/mol. The fraction of sp³-hybridized carbons (Fsp3) is 0.438. The largest absolute Gasteiger partial charge is 0.392 e. The average molecular weight is 271 g/mol. The number of likely N-dealkylation sites (tertiary alicyclic amines) is 1. The van der Waals surface area contributed by atoms with Gasteiger partial charge in [0.1, 0.15) is 5.82 Å². The van der Waals surface area contributed by atoms with Crippen LogP contribution in [0, 0.1) is 0 Å². The molecule has 0 aliphatic carbocycles. The van der Waals surface area contributed by atoms with Crippen LogP contribution in [0.4, 0.5) is 5.82 Å². The Morgan fingerprint density at radius 2 is 2.25 bits per heavy atom. The Kier molecular flexibility index (Phi) is 3.85. The van der Waals surface area contributed by atoms with Gasteiger partial charge in [0, 0.05) is 37.1 Å². The van der Waals surface area contributed by atoms with Crippen LogP contribution >= 0.6 is 0 Å². The standard InChI is InChI=1S/C16H21N3O/c1-2-17-16-13(10-19-8-7-14(20)11-19)9-12-5-3-4-6-15(12)18-16/h3-6,9,14,20H,2,7-8,10-11H2,1H3,(H,17,18). The zero-order valence-corrected chi connectivity index (χ0v) is 11.8. The lowest BCUT2D eigenvalue weighted by atomic mass is 10.1. The van der Waals surface area contributed by atoms with Gasteiger partial charge in [-0.15, -0.1) is 0 Å². The van der Waals surface area contributed by atoms with Crippen LogP contribution in [0.2, 0.25) is 0 Å². The van der Waals surface area contributed by atoms with Crippen molar-refractivity contribution in [2.45, 2.75) is 26.0 Å². The molecule has 0 saturated carbocycles. The van der Waals surface area contributed by atoms with Crippen molar-refractivity contribution < 1.29 is 5.11 Å². The normalized spacial score (nSPS) is 19.6. The molecule has 4 nitrogen and oxygen atoms in total. The van der Waals surface area contributed by atoms with Crippen molar-refractivity contribution >= 4 is 16.7 Å². The highest BCUT2D eigenvalue weighted by Crippen LogP contribution is 2.23. The van der Waals surface area contributed by atoms with Gasteiger partial charge in [-0.2, -0.15) is 0 Å². The van der Waals surface area contributed by atoms with Gasteiger partial charge in [0.05, 0.1) is 11.6 Å². The molecule has 4 heteroatoms. The number of rotatable bonds is 4. The number of fused-ring (bicyclic) bond motifs is 1. The van der Waals surface area contributed by atoms with E-state index >= 15 is 0 Å². The number of pyridine rings is 1. The second kappa shape index (κ2) is 5.77. The maximum atomic E-state index is 9.65. The highest BCUT2D eigenvalue weighted by atomic mass is 16.3. The fourth-order valence-corrected chi connectivity index (χ4v) is 2.80. The SMILES string of the molecule is CCNc1nc2ccccc2cc1CN1CCC(O)C1. The molecule has 1 aromatic heterocycles. The summed E-state index contributed by atoms with van der Waals surface area (Å²) >= 11 is 0. The van der Waals surface area contributed by atoms with Crippen LogP contribution in [0.1, 0.15) is 18.9 Å². The predicted molar refractivity (Wildman–Crippen MR) is 81.8 cm³/mol. The van der Waals surface area contributed by atoms with E-state index in [2.05, 4.69) is 29.3 Å². The maximum absolute atomic E-state index is 9.65. The molecule has 0 amide bonds. The Bertz CT molecular complexity index is 599. The number of nitrogens with zero attached hydrogens (tertiary/aromatic N) is 2. The molecule has 0 radical (unpaired) electrons. The Balaban J connectivity index is 1.92. The van der Waals surface area contributed by atoms with E-state index < -0.39 is 0 Å². The summed E-state index contributed by atoms with van der Waals surface area (Å²) in [5, 5.41) is 14.2. The van der Waals surface area contributed by atoms with Crippen LogP contribution in [0.25, 0.3) is 10.9 Å². The third-order valence-corrected chi connectivity index (χ3v) is 3.79. The summed E-state index contributed by atoms with van der Waals surface area (Å²) in [5.41, 5.74) is 2.23. The predicted octanol–water partition coefficient (Wildman–Crippen LogP) is 2.23. The first-order chi connectivity index (χ1) is 9.76. The molecule has 1 unspecified atom stereocenters. The molecular formula is C16H21N3O. The first-order valence-electron chi connectivity index (χ1n) is 7.29. The topological polar surface area (TPSA) is 48.4 Å². The number of nitrogens with one attached hydrogen (secondary N) is 1. The fourth-order valence-electron chi connectivity index (χ4n) is 2.80. The van der Waals surface area contributed by atoms with Gasteiger partial charge in [-0.1, -0.05) is 18.2 Å². The van der Waals surface area contributed by atoms with Crippen LogP contribution in [-0.2, 0) is 6.54 Å². The van der Waals surface area contributed by atoms with Gasteiger partial charge in [-0.25, -0.2) is 4.98 Å². The van der Waals surface area contributed by atoms with Gasteiger partial charge in [0.2, 0.25) is 0 Å². The van der Waals surface area contributed by atoms with E-state index in [9.17, 15) is 5.11 Å². The van der Waals surface area contributed by atoms with Crippen molar-refractivity contribution in [1.29, 1.82) is 0 Å². The molecule has 2 aromatic rings. The molecule has 3 rings (SSSR count). The van der Waals surface area contributed by atoms with Gasteiger partial charge < -0.3 is 10.4 Å². The molecule has 1 saturated heterocycles. The number of benzene rings is 1. The van der Waals surface area contributed by atoms with Crippen LogP contribution in [0.3, 0.4) is 0 Å². The third-order valence-electron chi connectivity index (χ3n) is 3.79. The second-order valence-corrected chi connectivity index (χ2v) is 5.40. The van der Waals surface area contributed by atoms with Gasteiger partial charge in [-0.3, -0.25) is 4.90 Å². The summed E-state index contributed by atoms with van der Waals surface area (Å²) in [7, 11) is 0. The molecule has 2 N–H and O–H groups in total. The minimum absolute atomic E-state index is 0.175. The molecule has 0 bridgehead atoms. The van der Waals surface area contributed by atoms with Gasteiger partial charge in [0.25, 0.3) is 0 Å². The Morgan fingerprint density at radius 1 is 1.40 bits per heavy atom. The summed E-state index contributed by atoms with van der Waals surface area (Å²) in [6, 6.07) is 10.4. The van der Waals surface area contributed by atoms with E-state index in [0.717, 1.165) is 43.9 Å². The number of anilines is 1. The number of hydrogen-bond donors (Lipinski definition) is 2. The minimum Gasteiger partial charge on any atom is -0.392 e. The van der Waals surface area contributed by atoms with E-state index in [1.807, 2.05) is 18.2 Å². The van der Waals surface area contributed by atoms with Crippen molar-refractivity contribution in [2.75, 3.05) is 25.0 Å². The lowest BCUT2D eigenvalue weighted by molar-refractivity contribution is 0.175. The van der Waals surface area contributed by atoms with Gasteiger partial charge >= 0.3 is 0 Å². The van der Waals surface area contributed by atoms with Crippen molar-refractivity contribution in [3.05, 3.63) is 35.9 Å². The van der Waals surface area contributed by atoms with Crippen LogP contribution in [-0.4, -0.2) is 40.7 Å². The van der Waals surface area contributed by atoms with E-state index in [1.54, 1.807) is 0 Å². The number of aromatic nitrogens is 1. The molecule has 2 heterocycles. The van der Waals surface area contributed by atoms with Crippen molar-refractivity contribution in [2.24, 2.45) is 0 Å². The summed E-state index contributed by atoms with van der Waals surface area (Å²) in [4.78, 5) is 7.01. The lowest BCUT2D eigenvalue weighted by Gasteiger charge is -2.18. The quantitative estimate of drug-likeness (QED) is 0.895. The summed E-state index contributed by atoms with van der Waals surface area (Å²) in [6.07, 6.45) is 0.698. The van der Waals surface area contributed by atoms with Crippen molar-refractivity contribution in [3.63, 3.8) is 0 Å². The van der Waals surface area contributed by atoms with Crippen LogP contribution in [0.15, 0.2) is 30.3 Å². The summed E-state index contributed by atoms with van der Waals surface area (Å²) in [6.45, 7) is 5.51. The summed E-state index contributed by atoms with van der Waals surface area (Å²) < 4.78 is 0. The molecular weight excluding hydrogens is 250 g/mol. The Hall–Kier alpha value is -1.65. The molecule has 1 atom stereocenters. The highest BCUT2D eigenvalue weighted by molar-refractivity contribution is 5.81. The number of β-amino-alcohol motifs (C(OH)–C–C–N with tert-alkyl or cyclic N) is 1.